The first-order chi connectivity index (χ1) is 11.9. The number of hydrogen-bond acceptors (Lipinski definition) is 4. The number of ether oxygens (including phenoxy) is 2. The van der Waals surface area contributed by atoms with Crippen LogP contribution in [0.5, 0.6) is 11.5 Å². The molecule has 25 heavy (non-hydrogen) atoms. The number of methoxy groups -OCH3 is 1. The molecule has 0 heterocycles. The van der Waals surface area contributed by atoms with E-state index in [0.717, 1.165) is 15.6 Å². The average molecular weight is 446 g/mol. The van der Waals surface area contributed by atoms with Crippen molar-refractivity contribution in [1.29, 1.82) is 0 Å². The van der Waals surface area contributed by atoms with Crippen molar-refractivity contribution in [1.82, 2.24) is 5.43 Å². The molecule has 0 aliphatic rings. The van der Waals surface area contributed by atoms with Crippen LogP contribution in [0, 0.1) is 0 Å². The third-order valence-electron chi connectivity index (χ3n) is 3.23. The fourth-order valence-corrected chi connectivity index (χ4v) is 3.19. The molecule has 0 unspecified atom stereocenters. The molecule has 0 saturated carbocycles. The van der Waals surface area contributed by atoms with Crippen molar-refractivity contribution in [2.45, 2.75) is 26.5 Å². The monoisotopic (exact) mass is 444 g/mol. The maximum absolute atomic E-state index is 6.13. The highest BCUT2D eigenvalue weighted by Gasteiger charge is 2.12. The van der Waals surface area contributed by atoms with Gasteiger partial charge in [0, 0.05) is 15.6 Å². The first kappa shape index (κ1) is 19.9. The second kappa shape index (κ2) is 9.32. The van der Waals surface area contributed by atoms with Gasteiger partial charge >= 0.3 is 0 Å². The fraction of sp³-hybridized carbons (Fsp3) is 0.278. The minimum absolute atomic E-state index is 0.0479. The van der Waals surface area contributed by atoms with E-state index in [1.165, 1.54) is 0 Å². The number of benzene rings is 2. The number of nitrogens with zero attached hydrogens (tertiary/aromatic N) is 1. The molecule has 0 radical (unpaired) electrons. The summed E-state index contributed by atoms with van der Waals surface area (Å²) in [4.78, 5) is 0. The largest absolute Gasteiger partial charge is 0.493 e. The Labute approximate surface area is 166 Å². The molecule has 0 amide bonds. The van der Waals surface area contributed by atoms with Gasteiger partial charge in [-0.25, -0.2) is 0 Å². The Balaban J connectivity index is 2.09. The number of hydrazone groups is 1. The molecule has 0 atom stereocenters. The lowest BCUT2D eigenvalue weighted by molar-refractivity contribution is 0.228. The molecule has 0 aliphatic carbocycles. The van der Waals surface area contributed by atoms with Gasteiger partial charge < -0.3 is 14.9 Å². The number of halogens is 3. The van der Waals surface area contributed by atoms with Gasteiger partial charge in [0.15, 0.2) is 11.5 Å². The molecule has 0 fully saturated rings. The highest BCUT2D eigenvalue weighted by atomic mass is 79.9. The predicted molar refractivity (Wildman–Crippen MR) is 107 cm³/mol. The van der Waals surface area contributed by atoms with Crippen molar-refractivity contribution in [2.75, 3.05) is 7.11 Å². The highest BCUT2D eigenvalue weighted by Crippen LogP contribution is 2.37. The maximum atomic E-state index is 6.13. The maximum Gasteiger partial charge on any atom is 0.175 e. The van der Waals surface area contributed by atoms with E-state index in [-0.39, 0.29) is 6.10 Å². The van der Waals surface area contributed by atoms with Crippen LogP contribution in [0.2, 0.25) is 10.0 Å². The van der Waals surface area contributed by atoms with E-state index in [1.807, 2.05) is 32.0 Å². The summed E-state index contributed by atoms with van der Waals surface area (Å²) in [6.07, 6.45) is 1.74. The lowest BCUT2D eigenvalue weighted by Gasteiger charge is -2.15. The molecule has 0 aliphatic heterocycles. The highest BCUT2D eigenvalue weighted by molar-refractivity contribution is 9.10. The van der Waals surface area contributed by atoms with Gasteiger partial charge in [-0.1, -0.05) is 29.3 Å². The second-order valence-electron chi connectivity index (χ2n) is 5.49. The van der Waals surface area contributed by atoms with Gasteiger partial charge in [-0.2, -0.15) is 5.10 Å². The van der Waals surface area contributed by atoms with Gasteiger partial charge in [0.1, 0.15) is 0 Å². The van der Waals surface area contributed by atoms with Crippen LogP contribution in [0.1, 0.15) is 25.0 Å². The zero-order valence-electron chi connectivity index (χ0n) is 14.1. The summed E-state index contributed by atoms with van der Waals surface area (Å²) in [5.74, 6) is 1.31. The number of nitrogens with one attached hydrogen (secondary N) is 1. The van der Waals surface area contributed by atoms with Gasteiger partial charge in [-0.05, 0) is 59.6 Å². The van der Waals surface area contributed by atoms with Gasteiger partial charge in [0.05, 0.1) is 30.4 Å². The molecule has 7 heteroatoms. The molecule has 1 N–H and O–H groups in total. The third kappa shape index (κ3) is 5.53. The topological polar surface area (TPSA) is 42.8 Å². The van der Waals surface area contributed by atoms with E-state index in [0.29, 0.717) is 28.1 Å². The molecule has 0 bridgehead atoms. The molecule has 0 saturated heterocycles. The lowest BCUT2D eigenvalue weighted by atomic mass is 10.2. The average Bonchev–Trinajstić information content (AvgIpc) is 2.55. The quantitative estimate of drug-likeness (QED) is 0.440. The van der Waals surface area contributed by atoms with Crippen molar-refractivity contribution in [3.63, 3.8) is 0 Å². The van der Waals surface area contributed by atoms with Crippen molar-refractivity contribution < 1.29 is 9.47 Å². The van der Waals surface area contributed by atoms with Crippen LogP contribution in [-0.4, -0.2) is 19.4 Å². The van der Waals surface area contributed by atoms with Crippen molar-refractivity contribution in [3.05, 3.63) is 56.0 Å². The Morgan fingerprint density at radius 3 is 2.52 bits per heavy atom. The number of hydrogen-bond donors (Lipinski definition) is 1. The molecule has 0 aromatic heterocycles. The van der Waals surface area contributed by atoms with Crippen LogP contribution in [0.25, 0.3) is 0 Å². The first-order valence-corrected chi connectivity index (χ1v) is 9.20. The van der Waals surface area contributed by atoms with E-state index in [2.05, 4.69) is 26.5 Å². The van der Waals surface area contributed by atoms with E-state index in [4.69, 9.17) is 32.7 Å². The van der Waals surface area contributed by atoms with Crippen molar-refractivity contribution >= 4 is 45.3 Å². The lowest BCUT2D eigenvalue weighted by Crippen LogP contribution is -2.08. The standard InChI is InChI=1S/C18H19BrCl2N2O2/c1-11(2)25-18-14(19)7-12(8-17(18)24-3)9-22-23-10-13-15(20)5-4-6-16(13)21/h4-9,11,23H,10H2,1-3H3/b22-9-. The Morgan fingerprint density at radius 1 is 1.24 bits per heavy atom. The van der Waals surface area contributed by atoms with Gasteiger partial charge in [0.25, 0.3) is 0 Å². The third-order valence-corrected chi connectivity index (χ3v) is 4.53. The number of rotatable bonds is 7. The predicted octanol–water partition coefficient (Wildman–Crippen LogP) is 5.68. The first-order valence-electron chi connectivity index (χ1n) is 7.65. The zero-order chi connectivity index (χ0) is 18.4. The summed E-state index contributed by atoms with van der Waals surface area (Å²) in [6.45, 7) is 4.36. The van der Waals surface area contributed by atoms with Crippen LogP contribution >= 0.6 is 39.1 Å². The van der Waals surface area contributed by atoms with Gasteiger partial charge in [0.2, 0.25) is 0 Å². The Morgan fingerprint density at radius 2 is 1.92 bits per heavy atom. The normalized spacial score (nSPS) is 11.2. The van der Waals surface area contributed by atoms with Gasteiger partial charge in [-0.15, -0.1) is 0 Å². The smallest absolute Gasteiger partial charge is 0.175 e. The Hall–Kier alpha value is -1.43. The summed E-state index contributed by atoms with van der Waals surface area (Å²) in [6, 6.07) is 9.17. The van der Waals surface area contributed by atoms with Crippen LogP contribution in [0.3, 0.4) is 0 Å². The fourth-order valence-electron chi connectivity index (χ4n) is 2.11. The van der Waals surface area contributed by atoms with E-state index >= 15 is 0 Å². The molecule has 0 spiro atoms. The van der Waals surface area contributed by atoms with Crippen LogP contribution in [0.15, 0.2) is 39.9 Å². The SMILES string of the molecule is COc1cc(/C=N\NCc2c(Cl)cccc2Cl)cc(Br)c1OC(C)C. The minimum atomic E-state index is 0.0479. The van der Waals surface area contributed by atoms with Crippen molar-refractivity contribution in [3.8, 4) is 11.5 Å². The molecular formula is C18H19BrCl2N2O2. The van der Waals surface area contributed by atoms with E-state index in [9.17, 15) is 0 Å². The zero-order valence-corrected chi connectivity index (χ0v) is 17.2. The van der Waals surface area contributed by atoms with Crippen LogP contribution in [0.4, 0.5) is 0 Å². The van der Waals surface area contributed by atoms with Crippen LogP contribution in [-0.2, 0) is 6.54 Å². The summed E-state index contributed by atoms with van der Waals surface area (Å²) in [5, 5.41) is 5.43. The van der Waals surface area contributed by atoms with E-state index in [1.54, 1.807) is 25.5 Å². The minimum Gasteiger partial charge on any atom is -0.493 e. The molecular weight excluding hydrogens is 427 g/mol. The Bertz CT molecular complexity index is 747. The molecule has 2 aromatic carbocycles. The second-order valence-corrected chi connectivity index (χ2v) is 7.16. The summed E-state index contributed by atoms with van der Waals surface area (Å²) in [5.41, 5.74) is 4.62. The van der Waals surface area contributed by atoms with Gasteiger partial charge in [-0.3, -0.25) is 0 Å². The molecule has 4 nitrogen and oxygen atoms in total. The molecule has 134 valence electrons. The summed E-state index contributed by atoms with van der Waals surface area (Å²) < 4.78 is 12.0. The molecule has 2 aromatic rings. The Kier molecular flexibility index (Phi) is 7.41. The van der Waals surface area contributed by atoms with Crippen molar-refractivity contribution in [2.24, 2.45) is 5.10 Å². The summed E-state index contributed by atoms with van der Waals surface area (Å²) >= 11 is 15.8. The molecule has 2 rings (SSSR count). The summed E-state index contributed by atoms with van der Waals surface area (Å²) in [7, 11) is 1.60. The van der Waals surface area contributed by atoms with E-state index < -0.39 is 0 Å². The van der Waals surface area contributed by atoms with Crippen LogP contribution < -0.4 is 14.9 Å².